The molecule has 0 amide bonds. The molecule has 3 aromatic carbocycles. The number of benzene rings is 3. The highest BCUT2D eigenvalue weighted by Crippen LogP contribution is 2.35. The van der Waals surface area contributed by atoms with Gasteiger partial charge >= 0.3 is 0 Å². The number of ether oxygens (including phenoxy) is 1. The van der Waals surface area contributed by atoms with Crippen molar-refractivity contribution in [1.82, 2.24) is 4.57 Å². The van der Waals surface area contributed by atoms with Crippen molar-refractivity contribution in [3.05, 3.63) is 65.7 Å². The van der Waals surface area contributed by atoms with Crippen LogP contribution in [0.5, 0.6) is 5.75 Å². The first kappa shape index (κ1) is 19.9. The first-order valence-corrected chi connectivity index (χ1v) is 12.2. The molecule has 1 aliphatic carbocycles. The van der Waals surface area contributed by atoms with Crippen LogP contribution < -0.4 is 9.46 Å². The third-order valence-electron chi connectivity index (χ3n) is 6.26. The summed E-state index contributed by atoms with van der Waals surface area (Å²) in [5, 5.41) is 2.15. The minimum Gasteiger partial charge on any atom is -0.495 e. The third kappa shape index (κ3) is 3.35. The van der Waals surface area contributed by atoms with E-state index in [-0.39, 0.29) is 4.90 Å². The molecule has 0 saturated carbocycles. The number of hydrogen-bond acceptors (Lipinski definition) is 3. The number of rotatable bonds is 5. The van der Waals surface area contributed by atoms with Crippen LogP contribution in [0, 0.1) is 0 Å². The predicted molar refractivity (Wildman–Crippen MR) is 126 cm³/mol. The van der Waals surface area contributed by atoms with Crippen LogP contribution in [0.1, 0.15) is 30.9 Å². The number of anilines is 1. The van der Waals surface area contributed by atoms with E-state index in [1.165, 1.54) is 12.7 Å². The number of fused-ring (bicyclic) bond motifs is 4. The summed E-state index contributed by atoms with van der Waals surface area (Å²) in [5.74, 6) is 0.400. The Bertz CT molecular complexity index is 1400. The Morgan fingerprint density at radius 2 is 1.65 bits per heavy atom. The van der Waals surface area contributed by atoms with E-state index in [9.17, 15) is 8.42 Å². The number of nitrogens with zero attached hydrogens (tertiary/aromatic N) is 1. The lowest BCUT2D eigenvalue weighted by Gasteiger charge is -2.19. The van der Waals surface area contributed by atoms with Gasteiger partial charge in [-0.15, -0.1) is 0 Å². The van der Waals surface area contributed by atoms with Crippen molar-refractivity contribution in [2.45, 2.75) is 44.0 Å². The van der Waals surface area contributed by atoms with Crippen molar-refractivity contribution in [3.8, 4) is 5.75 Å². The van der Waals surface area contributed by atoms with Crippen LogP contribution in [0.25, 0.3) is 21.8 Å². The second kappa shape index (κ2) is 7.61. The zero-order chi connectivity index (χ0) is 21.6. The number of para-hydroxylation sites is 1. The van der Waals surface area contributed by atoms with Crippen molar-refractivity contribution in [2.75, 3.05) is 11.8 Å². The van der Waals surface area contributed by atoms with Crippen molar-refractivity contribution in [1.29, 1.82) is 0 Å². The highest BCUT2D eigenvalue weighted by Gasteiger charge is 2.24. The summed E-state index contributed by atoms with van der Waals surface area (Å²) in [6, 6.07) is 17.6. The smallest absolute Gasteiger partial charge is 0.265 e. The molecule has 1 N–H and O–H groups in total. The summed E-state index contributed by atoms with van der Waals surface area (Å²) in [6.45, 7) is 2.96. The number of aryl methyl sites for hydroxylation is 3. The Balaban J connectivity index is 1.59. The minimum absolute atomic E-state index is 0.201. The second-order valence-electron chi connectivity index (χ2n) is 8.08. The summed E-state index contributed by atoms with van der Waals surface area (Å²) in [5.41, 5.74) is 5.09. The molecule has 1 heterocycles. The normalized spacial score (nSPS) is 14.0. The molecule has 31 heavy (non-hydrogen) atoms. The van der Waals surface area contributed by atoms with Crippen LogP contribution in [-0.2, 0) is 29.4 Å². The molecule has 0 bridgehead atoms. The number of methoxy groups -OCH3 is 1. The average molecular weight is 435 g/mol. The van der Waals surface area contributed by atoms with Gasteiger partial charge in [-0.3, -0.25) is 4.72 Å². The quantitative estimate of drug-likeness (QED) is 0.451. The maximum atomic E-state index is 13.3. The van der Waals surface area contributed by atoms with Crippen molar-refractivity contribution >= 4 is 37.5 Å². The van der Waals surface area contributed by atoms with E-state index in [1.807, 2.05) is 36.4 Å². The highest BCUT2D eigenvalue weighted by atomic mass is 32.2. The largest absolute Gasteiger partial charge is 0.495 e. The van der Waals surface area contributed by atoms with Gasteiger partial charge in [0.1, 0.15) is 10.6 Å². The van der Waals surface area contributed by atoms with E-state index in [0.29, 0.717) is 11.4 Å². The van der Waals surface area contributed by atoms with Gasteiger partial charge in [0.2, 0.25) is 0 Å². The average Bonchev–Trinajstić information content (AvgIpc) is 3.11. The van der Waals surface area contributed by atoms with Crippen molar-refractivity contribution in [2.24, 2.45) is 0 Å². The number of aromatic nitrogens is 1. The van der Waals surface area contributed by atoms with Crippen LogP contribution in [0.2, 0.25) is 0 Å². The SMILES string of the molecule is CCn1c2ccccc2c2cc(NS(=O)(=O)c3cc4c(cc3OC)CCCC4)ccc21. The van der Waals surface area contributed by atoms with Gasteiger partial charge in [-0.2, -0.15) is 0 Å². The lowest BCUT2D eigenvalue weighted by atomic mass is 9.92. The molecule has 5 rings (SSSR count). The lowest BCUT2D eigenvalue weighted by Crippen LogP contribution is -2.16. The first-order valence-electron chi connectivity index (χ1n) is 10.8. The summed E-state index contributed by atoms with van der Waals surface area (Å²) >= 11 is 0. The molecule has 0 unspecified atom stereocenters. The number of hydrogen-bond donors (Lipinski definition) is 1. The van der Waals surface area contributed by atoms with Gasteiger partial charge in [0.05, 0.1) is 7.11 Å². The van der Waals surface area contributed by atoms with Gasteiger partial charge < -0.3 is 9.30 Å². The van der Waals surface area contributed by atoms with Gasteiger partial charge in [0, 0.05) is 34.0 Å². The lowest BCUT2D eigenvalue weighted by molar-refractivity contribution is 0.401. The molecule has 0 saturated heterocycles. The first-order chi connectivity index (χ1) is 15.0. The second-order valence-corrected chi connectivity index (χ2v) is 9.73. The molecule has 0 atom stereocenters. The molecule has 0 fully saturated rings. The predicted octanol–water partition coefficient (Wildman–Crippen LogP) is 5.50. The number of sulfonamides is 1. The Morgan fingerprint density at radius 3 is 2.39 bits per heavy atom. The van der Waals surface area contributed by atoms with E-state index >= 15 is 0 Å². The summed E-state index contributed by atoms with van der Waals surface area (Å²) in [4.78, 5) is 0.201. The summed E-state index contributed by atoms with van der Waals surface area (Å²) in [7, 11) is -2.27. The topological polar surface area (TPSA) is 60.3 Å². The standard InChI is InChI=1S/C25H26N2O3S/c1-3-27-22-11-7-6-10-20(22)21-16-19(12-13-23(21)27)26-31(28,29)25-15-18-9-5-4-8-17(18)14-24(25)30-2/h6-7,10-16,26H,3-5,8-9H2,1-2H3. The van der Waals surface area contributed by atoms with E-state index in [2.05, 4.69) is 28.3 Å². The van der Waals surface area contributed by atoms with Gasteiger partial charge in [0.25, 0.3) is 10.0 Å². The van der Waals surface area contributed by atoms with Crippen molar-refractivity contribution in [3.63, 3.8) is 0 Å². The Hall–Kier alpha value is -2.99. The van der Waals surface area contributed by atoms with Gasteiger partial charge in [-0.1, -0.05) is 18.2 Å². The van der Waals surface area contributed by atoms with Gasteiger partial charge in [-0.25, -0.2) is 8.42 Å². The molecule has 6 heteroatoms. The highest BCUT2D eigenvalue weighted by molar-refractivity contribution is 7.92. The fourth-order valence-electron chi connectivity index (χ4n) is 4.78. The molecule has 0 spiro atoms. The van der Waals surface area contributed by atoms with Gasteiger partial charge in [-0.05, 0) is 80.1 Å². The Morgan fingerprint density at radius 1 is 0.935 bits per heavy atom. The van der Waals surface area contributed by atoms with Crippen LogP contribution in [0.4, 0.5) is 5.69 Å². The Labute approximate surface area is 182 Å². The molecular formula is C25H26N2O3S. The Kier molecular flexibility index (Phi) is 4.89. The zero-order valence-electron chi connectivity index (χ0n) is 17.8. The molecule has 5 nitrogen and oxygen atoms in total. The molecule has 160 valence electrons. The van der Waals surface area contributed by atoms with E-state index in [0.717, 1.165) is 59.6 Å². The summed E-state index contributed by atoms with van der Waals surface area (Å²) in [6.07, 6.45) is 4.10. The minimum atomic E-state index is -3.79. The van der Waals surface area contributed by atoms with Crippen LogP contribution in [-0.4, -0.2) is 20.1 Å². The molecule has 1 aliphatic rings. The van der Waals surface area contributed by atoms with Gasteiger partial charge in [0.15, 0.2) is 0 Å². The van der Waals surface area contributed by atoms with E-state index in [1.54, 1.807) is 6.07 Å². The monoisotopic (exact) mass is 434 g/mol. The fourth-order valence-corrected chi connectivity index (χ4v) is 6.03. The van der Waals surface area contributed by atoms with Crippen LogP contribution >= 0.6 is 0 Å². The molecule has 1 aromatic heterocycles. The molecular weight excluding hydrogens is 408 g/mol. The van der Waals surface area contributed by atoms with E-state index in [4.69, 9.17) is 4.74 Å². The summed E-state index contributed by atoms with van der Waals surface area (Å²) < 4.78 is 37.2. The maximum Gasteiger partial charge on any atom is 0.265 e. The fraction of sp³-hybridized carbons (Fsp3) is 0.280. The molecule has 4 aromatic rings. The van der Waals surface area contributed by atoms with Crippen molar-refractivity contribution < 1.29 is 13.2 Å². The van der Waals surface area contributed by atoms with Crippen LogP contribution in [0.3, 0.4) is 0 Å². The van der Waals surface area contributed by atoms with E-state index < -0.39 is 10.0 Å². The molecule has 0 radical (unpaired) electrons. The zero-order valence-corrected chi connectivity index (χ0v) is 18.6. The maximum absolute atomic E-state index is 13.3. The third-order valence-corrected chi connectivity index (χ3v) is 7.66. The van der Waals surface area contributed by atoms with Crippen LogP contribution in [0.15, 0.2) is 59.5 Å². The molecule has 0 aliphatic heterocycles. The number of nitrogens with one attached hydrogen (secondary N) is 1.